The van der Waals surface area contributed by atoms with E-state index in [1.54, 1.807) is 0 Å². The molecule has 1 N–H and O–H groups in total. The summed E-state index contributed by atoms with van der Waals surface area (Å²) in [5, 5.41) is 11.7. The van der Waals surface area contributed by atoms with Gasteiger partial charge in [0.15, 0.2) is 0 Å². The standard InChI is InChI=1S/C15H17N3O3S2/c1-3-11(22-9-12(19)21-2)13(20)16-15-18-17-14(23-15)10-7-5-4-6-8-10/h4-8,11H,3,9H2,1-2H3,(H,16,18,20). The molecule has 0 saturated heterocycles. The normalized spacial score (nSPS) is 11.7. The maximum atomic E-state index is 12.2. The maximum Gasteiger partial charge on any atom is 0.315 e. The van der Waals surface area contributed by atoms with Crippen molar-refractivity contribution in [3.8, 4) is 10.6 Å². The zero-order valence-electron chi connectivity index (χ0n) is 12.8. The summed E-state index contributed by atoms with van der Waals surface area (Å²) >= 11 is 2.57. The molecule has 1 aromatic carbocycles. The molecule has 1 heterocycles. The van der Waals surface area contributed by atoms with Gasteiger partial charge in [-0.15, -0.1) is 22.0 Å². The van der Waals surface area contributed by atoms with E-state index < -0.39 is 0 Å². The summed E-state index contributed by atoms with van der Waals surface area (Å²) in [4.78, 5) is 23.4. The van der Waals surface area contributed by atoms with Crippen molar-refractivity contribution in [3.05, 3.63) is 30.3 Å². The van der Waals surface area contributed by atoms with Crippen molar-refractivity contribution in [3.63, 3.8) is 0 Å². The van der Waals surface area contributed by atoms with Crippen LogP contribution in [0.1, 0.15) is 13.3 Å². The third-order valence-corrected chi connectivity index (χ3v) is 5.21. The van der Waals surface area contributed by atoms with E-state index >= 15 is 0 Å². The van der Waals surface area contributed by atoms with E-state index in [1.165, 1.54) is 30.2 Å². The SMILES string of the molecule is CCC(SCC(=O)OC)C(=O)Nc1nnc(-c2ccccc2)s1. The molecule has 8 heteroatoms. The van der Waals surface area contributed by atoms with Gasteiger partial charge >= 0.3 is 5.97 Å². The summed E-state index contributed by atoms with van der Waals surface area (Å²) in [6.07, 6.45) is 0.609. The smallest absolute Gasteiger partial charge is 0.315 e. The predicted octanol–water partition coefficient (Wildman–Crippen LogP) is 2.83. The molecule has 23 heavy (non-hydrogen) atoms. The first-order valence-corrected chi connectivity index (χ1v) is 8.88. The predicted molar refractivity (Wildman–Crippen MR) is 92.5 cm³/mol. The van der Waals surface area contributed by atoms with Gasteiger partial charge in [-0.1, -0.05) is 48.6 Å². The quantitative estimate of drug-likeness (QED) is 0.773. The molecular weight excluding hydrogens is 334 g/mol. The van der Waals surface area contributed by atoms with E-state index in [1.807, 2.05) is 37.3 Å². The van der Waals surface area contributed by atoms with Gasteiger partial charge in [0.1, 0.15) is 5.01 Å². The number of nitrogens with zero attached hydrogens (tertiary/aromatic N) is 2. The number of methoxy groups -OCH3 is 1. The van der Waals surface area contributed by atoms with Gasteiger partial charge < -0.3 is 4.74 Å². The van der Waals surface area contributed by atoms with Gasteiger partial charge in [-0.05, 0) is 6.42 Å². The van der Waals surface area contributed by atoms with Crippen LogP contribution in [0, 0.1) is 0 Å². The average Bonchev–Trinajstić information content (AvgIpc) is 3.04. The Balaban J connectivity index is 1.96. The first-order chi connectivity index (χ1) is 11.1. The van der Waals surface area contributed by atoms with Crippen LogP contribution in [0.4, 0.5) is 5.13 Å². The second kappa shape index (κ2) is 8.64. The minimum absolute atomic E-state index is 0.147. The molecule has 1 amide bonds. The van der Waals surface area contributed by atoms with E-state index in [0.29, 0.717) is 11.6 Å². The summed E-state index contributed by atoms with van der Waals surface area (Å²) in [6, 6.07) is 9.65. The Morgan fingerprint density at radius 2 is 2.04 bits per heavy atom. The Morgan fingerprint density at radius 3 is 2.70 bits per heavy atom. The van der Waals surface area contributed by atoms with Crippen LogP contribution in [0.3, 0.4) is 0 Å². The highest BCUT2D eigenvalue weighted by Gasteiger charge is 2.20. The molecule has 0 aliphatic heterocycles. The maximum absolute atomic E-state index is 12.2. The van der Waals surface area contributed by atoms with Crippen molar-refractivity contribution >= 4 is 40.1 Å². The molecule has 0 radical (unpaired) electrons. The Labute approximate surface area is 142 Å². The summed E-state index contributed by atoms with van der Waals surface area (Å²) < 4.78 is 4.58. The monoisotopic (exact) mass is 351 g/mol. The lowest BCUT2D eigenvalue weighted by atomic mass is 10.2. The van der Waals surface area contributed by atoms with E-state index in [-0.39, 0.29) is 22.9 Å². The number of esters is 1. The first kappa shape index (κ1) is 17.4. The average molecular weight is 351 g/mol. The number of nitrogens with one attached hydrogen (secondary N) is 1. The van der Waals surface area contributed by atoms with Crippen LogP contribution < -0.4 is 5.32 Å². The van der Waals surface area contributed by atoms with E-state index in [2.05, 4.69) is 20.3 Å². The molecule has 1 aromatic heterocycles. The Morgan fingerprint density at radius 1 is 1.30 bits per heavy atom. The molecule has 0 spiro atoms. The van der Waals surface area contributed by atoms with Gasteiger partial charge in [0.25, 0.3) is 0 Å². The molecule has 1 unspecified atom stereocenters. The van der Waals surface area contributed by atoms with Crippen molar-refractivity contribution in [2.45, 2.75) is 18.6 Å². The van der Waals surface area contributed by atoms with Gasteiger partial charge in [0.2, 0.25) is 11.0 Å². The largest absolute Gasteiger partial charge is 0.468 e. The minimum Gasteiger partial charge on any atom is -0.468 e. The molecule has 0 aliphatic carbocycles. The highest BCUT2D eigenvalue weighted by Crippen LogP contribution is 2.26. The van der Waals surface area contributed by atoms with Crippen LogP contribution >= 0.6 is 23.1 Å². The molecule has 6 nitrogen and oxygen atoms in total. The number of hydrogen-bond donors (Lipinski definition) is 1. The summed E-state index contributed by atoms with van der Waals surface area (Å²) in [5.41, 5.74) is 0.956. The van der Waals surface area contributed by atoms with Gasteiger partial charge in [0, 0.05) is 5.56 Å². The zero-order chi connectivity index (χ0) is 16.7. The Kier molecular flexibility index (Phi) is 6.54. The van der Waals surface area contributed by atoms with Crippen molar-refractivity contribution in [2.24, 2.45) is 0 Å². The van der Waals surface area contributed by atoms with Crippen molar-refractivity contribution in [1.29, 1.82) is 0 Å². The molecule has 0 fully saturated rings. The summed E-state index contributed by atoms with van der Waals surface area (Å²) in [6.45, 7) is 1.89. The van der Waals surface area contributed by atoms with Crippen LogP contribution in [0.2, 0.25) is 0 Å². The number of rotatable bonds is 7. The number of amides is 1. The Hall–Kier alpha value is -1.93. The number of anilines is 1. The van der Waals surface area contributed by atoms with E-state index in [0.717, 1.165) is 10.6 Å². The van der Waals surface area contributed by atoms with Crippen molar-refractivity contribution in [2.75, 3.05) is 18.2 Å². The first-order valence-electron chi connectivity index (χ1n) is 7.02. The number of ether oxygens (including phenoxy) is 1. The highest BCUT2D eigenvalue weighted by atomic mass is 32.2. The number of aromatic nitrogens is 2. The molecule has 0 aliphatic rings. The van der Waals surface area contributed by atoms with Crippen LogP contribution in [0.15, 0.2) is 30.3 Å². The third kappa shape index (κ3) is 5.04. The number of benzene rings is 1. The second-order valence-corrected chi connectivity index (χ2v) is 6.72. The van der Waals surface area contributed by atoms with Gasteiger partial charge in [-0.2, -0.15) is 0 Å². The van der Waals surface area contributed by atoms with Crippen molar-refractivity contribution < 1.29 is 14.3 Å². The summed E-state index contributed by atoms with van der Waals surface area (Å²) in [5.74, 6) is -0.380. The lowest BCUT2D eigenvalue weighted by Crippen LogP contribution is -2.25. The van der Waals surface area contributed by atoms with Gasteiger partial charge in [0.05, 0.1) is 18.1 Å². The van der Waals surface area contributed by atoms with Crippen LogP contribution in [-0.2, 0) is 14.3 Å². The topological polar surface area (TPSA) is 81.2 Å². The second-order valence-electron chi connectivity index (χ2n) is 4.55. The summed E-state index contributed by atoms with van der Waals surface area (Å²) in [7, 11) is 1.33. The van der Waals surface area contributed by atoms with Gasteiger partial charge in [-0.3, -0.25) is 14.9 Å². The van der Waals surface area contributed by atoms with Gasteiger partial charge in [-0.25, -0.2) is 0 Å². The van der Waals surface area contributed by atoms with E-state index in [4.69, 9.17) is 0 Å². The molecular formula is C15H17N3O3S2. The van der Waals surface area contributed by atoms with Crippen molar-refractivity contribution in [1.82, 2.24) is 10.2 Å². The molecule has 2 aromatic rings. The molecule has 0 bridgehead atoms. The fourth-order valence-corrected chi connectivity index (χ4v) is 3.42. The lowest BCUT2D eigenvalue weighted by molar-refractivity contribution is -0.137. The molecule has 2 rings (SSSR count). The highest BCUT2D eigenvalue weighted by molar-refractivity contribution is 8.01. The fourth-order valence-electron chi connectivity index (χ4n) is 1.76. The molecule has 0 saturated carbocycles. The minimum atomic E-state index is -0.344. The van der Waals surface area contributed by atoms with E-state index in [9.17, 15) is 9.59 Å². The van der Waals surface area contributed by atoms with Crippen LogP contribution in [0.5, 0.6) is 0 Å². The molecule has 122 valence electrons. The number of carbonyl (C=O) groups excluding carboxylic acids is 2. The van der Waals surface area contributed by atoms with Crippen LogP contribution in [0.25, 0.3) is 10.6 Å². The Bertz CT molecular complexity index is 661. The van der Waals surface area contributed by atoms with Crippen LogP contribution in [-0.4, -0.2) is 40.2 Å². The number of hydrogen-bond acceptors (Lipinski definition) is 7. The third-order valence-electron chi connectivity index (χ3n) is 2.97. The number of carbonyl (C=O) groups is 2. The molecule has 1 atom stereocenters. The number of thioether (sulfide) groups is 1. The lowest BCUT2D eigenvalue weighted by Gasteiger charge is -2.12. The zero-order valence-corrected chi connectivity index (χ0v) is 14.4. The fraction of sp³-hybridized carbons (Fsp3) is 0.333.